The predicted molar refractivity (Wildman–Crippen MR) is 81.7 cm³/mol. The van der Waals surface area contributed by atoms with Crippen molar-refractivity contribution in [1.82, 2.24) is 4.90 Å². The van der Waals surface area contributed by atoms with Crippen LogP contribution in [0.1, 0.15) is 11.1 Å². The summed E-state index contributed by atoms with van der Waals surface area (Å²) in [5.41, 5.74) is 2.42. The number of methoxy groups -OCH3 is 1. The lowest BCUT2D eigenvalue weighted by molar-refractivity contribution is 0.292. The second-order valence-corrected chi connectivity index (χ2v) is 4.73. The monoisotopic (exact) mass is 311 g/mol. The summed E-state index contributed by atoms with van der Waals surface area (Å²) in [7, 11) is 1.70. The Morgan fingerprint density at radius 1 is 1.17 bits per heavy atom. The van der Waals surface area contributed by atoms with E-state index in [9.17, 15) is 0 Å². The van der Waals surface area contributed by atoms with E-state index < -0.39 is 0 Å². The van der Waals surface area contributed by atoms with Crippen LogP contribution >= 0.6 is 35.6 Å². The number of halogens is 3. The van der Waals surface area contributed by atoms with Crippen molar-refractivity contribution in [2.75, 3.05) is 32.0 Å². The number of nitrogens with zero attached hydrogens (tertiary/aromatic N) is 1. The molecule has 18 heavy (non-hydrogen) atoms. The Morgan fingerprint density at radius 3 is 2.28 bits per heavy atom. The molecule has 2 nitrogen and oxygen atoms in total. The molecule has 0 spiro atoms. The molecular weight excluding hydrogens is 293 g/mol. The fourth-order valence-corrected chi connectivity index (χ4v) is 2.26. The van der Waals surface area contributed by atoms with Gasteiger partial charge in [-0.15, -0.1) is 35.6 Å². The molecule has 1 rings (SSSR count). The fraction of sp³-hybridized carbons (Fsp3) is 0.538. The minimum Gasteiger partial charge on any atom is -0.496 e. The molecule has 0 bridgehead atoms. The van der Waals surface area contributed by atoms with Crippen LogP contribution in [0.25, 0.3) is 0 Å². The Labute approximate surface area is 126 Å². The van der Waals surface area contributed by atoms with Crippen LogP contribution in [0.15, 0.2) is 18.2 Å². The van der Waals surface area contributed by atoms with Crippen LogP contribution in [-0.2, 0) is 6.54 Å². The van der Waals surface area contributed by atoms with Gasteiger partial charge in [0.25, 0.3) is 0 Å². The lowest BCUT2D eigenvalue weighted by Crippen LogP contribution is -2.27. The normalized spacial score (nSPS) is 10.3. The average Bonchev–Trinajstić information content (AvgIpc) is 2.30. The largest absolute Gasteiger partial charge is 0.496 e. The summed E-state index contributed by atoms with van der Waals surface area (Å²) < 4.78 is 5.36. The highest BCUT2D eigenvalue weighted by Gasteiger charge is 2.09. The lowest BCUT2D eigenvalue weighted by atomic mass is 10.1. The number of alkyl halides is 2. The van der Waals surface area contributed by atoms with Crippen molar-refractivity contribution in [3.63, 3.8) is 0 Å². The van der Waals surface area contributed by atoms with Crippen LogP contribution in [0.4, 0.5) is 0 Å². The van der Waals surface area contributed by atoms with Crippen molar-refractivity contribution in [3.05, 3.63) is 29.3 Å². The van der Waals surface area contributed by atoms with Gasteiger partial charge in [0.2, 0.25) is 0 Å². The minimum absolute atomic E-state index is 0. The standard InChI is InChI=1S/C13H19Cl2NO.ClH/c1-11-3-4-13(17-2)12(9-11)10-16(7-5-14)8-6-15;/h3-4,9H,5-8,10H2,1-2H3;1H. The molecule has 0 N–H and O–H groups in total. The molecule has 0 aromatic heterocycles. The summed E-state index contributed by atoms with van der Waals surface area (Å²) in [5.74, 6) is 2.15. The smallest absolute Gasteiger partial charge is 0.123 e. The Balaban J connectivity index is 0.00000289. The maximum Gasteiger partial charge on any atom is 0.123 e. The van der Waals surface area contributed by atoms with E-state index in [2.05, 4.69) is 24.0 Å². The maximum absolute atomic E-state index is 5.79. The first-order valence-electron chi connectivity index (χ1n) is 5.69. The molecule has 0 atom stereocenters. The quantitative estimate of drug-likeness (QED) is 0.712. The van der Waals surface area contributed by atoms with Crippen molar-refractivity contribution in [2.24, 2.45) is 0 Å². The van der Waals surface area contributed by atoms with E-state index in [1.807, 2.05) is 6.07 Å². The highest BCUT2D eigenvalue weighted by atomic mass is 35.5. The molecule has 1 aromatic carbocycles. The first kappa shape index (κ1) is 17.8. The van der Waals surface area contributed by atoms with Crippen LogP contribution in [0.3, 0.4) is 0 Å². The number of aryl methyl sites for hydroxylation is 1. The number of benzene rings is 1. The second-order valence-electron chi connectivity index (χ2n) is 3.97. The highest BCUT2D eigenvalue weighted by molar-refractivity contribution is 6.18. The topological polar surface area (TPSA) is 12.5 Å². The molecule has 0 saturated carbocycles. The number of hydrogen-bond acceptors (Lipinski definition) is 2. The molecule has 0 saturated heterocycles. The summed E-state index contributed by atoms with van der Waals surface area (Å²) in [5, 5.41) is 0. The average molecular weight is 313 g/mol. The summed E-state index contributed by atoms with van der Waals surface area (Å²) in [4.78, 5) is 2.23. The summed E-state index contributed by atoms with van der Waals surface area (Å²) in [6, 6.07) is 6.20. The molecule has 0 heterocycles. The third kappa shape index (κ3) is 5.66. The first-order chi connectivity index (χ1) is 8.21. The molecule has 0 aliphatic heterocycles. The van der Waals surface area contributed by atoms with Crippen molar-refractivity contribution < 1.29 is 4.74 Å². The van der Waals surface area contributed by atoms with Crippen LogP contribution in [0, 0.1) is 6.92 Å². The van der Waals surface area contributed by atoms with Gasteiger partial charge in [-0.05, 0) is 13.0 Å². The summed E-state index contributed by atoms with van der Waals surface area (Å²) in [6.07, 6.45) is 0. The number of hydrogen-bond donors (Lipinski definition) is 0. The van der Waals surface area contributed by atoms with Crippen molar-refractivity contribution in [2.45, 2.75) is 13.5 Å². The molecule has 0 unspecified atom stereocenters. The van der Waals surface area contributed by atoms with E-state index in [0.717, 1.165) is 25.4 Å². The van der Waals surface area contributed by atoms with Crippen molar-refractivity contribution in [3.8, 4) is 5.75 Å². The molecule has 1 aromatic rings. The van der Waals surface area contributed by atoms with Gasteiger partial charge < -0.3 is 4.74 Å². The van der Waals surface area contributed by atoms with Gasteiger partial charge in [-0.2, -0.15) is 0 Å². The molecule has 0 amide bonds. The third-order valence-corrected chi connectivity index (χ3v) is 2.97. The van der Waals surface area contributed by atoms with Gasteiger partial charge in [0.1, 0.15) is 5.75 Å². The Morgan fingerprint density at radius 2 is 1.78 bits per heavy atom. The van der Waals surface area contributed by atoms with Gasteiger partial charge >= 0.3 is 0 Å². The Bertz CT molecular complexity index is 341. The molecule has 0 fully saturated rings. The van der Waals surface area contributed by atoms with Crippen molar-refractivity contribution >= 4 is 35.6 Å². The van der Waals surface area contributed by atoms with Gasteiger partial charge in [-0.25, -0.2) is 0 Å². The summed E-state index contributed by atoms with van der Waals surface area (Å²) >= 11 is 11.6. The van der Waals surface area contributed by atoms with Crippen LogP contribution in [-0.4, -0.2) is 36.9 Å². The van der Waals surface area contributed by atoms with Crippen LogP contribution in [0.2, 0.25) is 0 Å². The van der Waals surface area contributed by atoms with Gasteiger partial charge in [-0.3, -0.25) is 4.90 Å². The first-order valence-corrected chi connectivity index (χ1v) is 6.76. The minimum atomic E-state index is 0. The highest BCUT2D eigenvalue weighted by Crippen LogP contribution is 2.21. The van der Waals surface area contributed by atoms with E-state index in [-0.39, 0.29) is 12.4 Å². The Kier molecular flexibility index (Phi) is 9.66. The molecule has 104 valence electrons. The zero-order valence-electron chi connectivity index (χ0n) is 10.8. The van der Waals surface area contributed by atoms with E-state index in [1.165, 1.54) is 11.1 Å². The van der Waals surface area contributed by atoms with Gasteiger partial charge in [0.15, 0.2) is 0 Å². The van der Waals surface area contributed by atoms with Crippen LogP contribution in [0.5, 0.6) is 5.75 Å². The van der Waals surface area contributed by atoms with Crippen LogP contribution < -0.4 is 4.74 Å². The van der Waals surface area contributed by atoms with Gasteiger partial charge in [-0.1, -0.05) is 17.7 Å². The Hall–Kier alpha value is -0.150. The van der Waals surface area contributed by atoms with E-state index in [1.54, 1.807) is 7.11 Å². The fourth-order valence-electron chi connectivity index (χ4n) is 1.78. The molecule has 0 aliphatic rings. The molecular formula is C13H20Cl3NO. The third-order valence-electron chi connectivity index (χ3n) is 2.63. The molecule has 0 radical (unpaired) electrons. The summed E-state index contributed by atoms with van der Waals surface area (Å²) in [6.45, 7) is 4.58. The van der Waals surface area contributed by atoms with Gasteiger partial charge in [0.05, 0.1) is 7.11 Å². The predicted octanol–water partition coefficient (Wildman–Crippen LogP) is 3.71. The number of ether oxygens (including phenoxy) is 1. The zero-order valence-corrected chi connectivity index (χ0v) is 13.1. The van der Waals surface area contributed by atoms with E-state index in [0.29, 0.717) is 11.8 Å². The maximum atomic E-state index is 5.79. The zero-order chi connectivity index (χ0) is 12.7. The van der Waals surface area contributed by atoms with E-state index in [4.69, 9.17) is 27.9 Å². The molecule has 5 heteroatoms. The van der Waals surface area contributed by atoms with Gasteiger partial charge in [0, 0.05) is 37.0 Å². The molecule has 0 aliphatic carbocycles. The van der Waals surface area contributed by atoms with E-state index >= 15 is 0 Å². The second kappa shape index (κ2) is 9.74. The van der Waals surface area contributed by atoms with Crippen molar-refractivity contribution in [1.29, 1.82) is 0 Å². The lowest BCUT2D eigenvalue weighted by Gasteiger charge is -2.21. The SMILES string of the molecule is COc1ccc(C)cc1CN(CCCl)CCCl.Cl. The number of rotatable bonds is 7.